The van der Waals surface area contributed by atoms with Gasteiger partial charge in [-0.05, 0) is 12.1 Å². The van der Waals surface area contributed by atoms with Crippen molar-refractivity contribution in [2.45, 2.75) is 0 Å². The van der Waals surface area contributed by atoms with Crippen molar-refractivity contribution >= 4 is 55.2 Å². The maximum Gasteiger partial charge on any atom is 0.164 e. The van der Waals surface area contributed by atoms with Gasteiger partial charge in [0.15, 0.2) is 11.3 Å². The largest absolute Gasteiger partial charge is 0.288 e. The molecule has 0 atom stereocenters. The van der Waals surface area contributed by atoms with Gasteiger partial charge in [0, 0.05) is 35.6 Å². The van der Waals surface area contributed by atoms with Gasteiger partial charge >= 0.3 is 0 Å². The Balaban J connectivity index is 2.02. The molecule has 0 saturated heterocycles. The first-order chi connectivity index (χ1) is 12.9. The third-order valence-electron chi connectivity index (χ3n) is 5.25. The summed E-state index contributed by atoms with van der Waals surface area (Å²) >= 11 is 0. The second kappa shape index (κ2) is 4.05. The molecular weight excluding hydrogens is 324 g/mol. The highest BCUT2D eigenvalue weighted by Gasteiger charge is 2.21. The van der Waals surface area contributed by atoms with Crippen LogP contribution in [0.25, 0.3) is 55.2 Å². The number of fused-ring (bicyclic) bond motifs is 8. The number of aromatic nitrogens is 6. The molecule has 5 aromatic heterocycles. The summed E-state index contributed by atoms with van der Waals surface area (Å²) in [5, 5.41) is 2.19. The first-order valence-corrected chi connectivity index (χ1v) is 8.42. The van der Waals surface area contributed by atoms with Crippen LogP contribution in [-0.4, -0.2) is 28.7 Å². The minimum atomic E-state index is 0.875. The van der Waals surface area contributed by atoms with Gasteiger partial charge in [0.2, 0.25) is 0 Å². The lowest BCUT2D eigenvalue weighted by Gasteiger charge is -2.09. The van der Waals surface area contributed by atoms with E-state index in [9.17, 15) is 0 Å². The van der Waals surface area contributed by atoms with Gasteiger partial charge in [0.1, 0.15) is 11.0 Å². The highest BCUT2D eigenvalue weighted by molar-refractivity contribution is 6.19. The first-order valence-electron chi connectivity index (χ1n) is 8.42. The molecule has 0 aliphatic carbocycles. The normalized spacial score (nSPS) is 12.6. The van der Waals surface area contributed by atoms with Gasteiger partial charge in [-0.15, -0.1) is 0 Å². The number of hydrogen-bond acceptors (Lipinski definition) is 4. The Hall–Kier alpha value is -3.80. The summed E-state index contributed by atoms with van der Waals surface area (Å²) in [4.78, 5) is 18.5. The van der Waals surface area contributed by atoms with Crippen LogP contribution in [0.3, 0.4) is 0 Å². The van der Waals surface area contributed by atoms with Gasteiger partial charge in [0.05, 0.1) is 22.1 Å². The monoisotopic (exact) mass is 334 g/mol. The van der Waals surface area contributed by atoms with Crippen molar-refractivity contribution in [3.8, 4) is 0 Å². The lowest BCUT2D eigenvalue weighted by molar-refractivity contribution is 1.18. The third kappa shape index (κ3) is 1.22. The maximum absolute atomic E-state index is 4.64. The summed E-state index contributed by atoms with van der Waals surface area (Å²) in [5.41, 5.74) is 7.97. The van der Waals surface area contributed by atoms with E-state index < -0.39 is 0 Å². The molecule has 0 amide bonds. The van der Waals surface area contributed by atoms with E-state index in [-0.39, 0.29) is 0 Å². The Kier molecular flexibility index (Phi) is 1.96. The van der Waals surface area contributed by atoms with Crippen LogP contribution in [0.5, 0.6) is 0 Å². The molecule has 7 rings (SSSR count). The molecule has 6 nitrogen and oxygen atoms in total. The number of hydrogen-bond donors (Lipinski definition) is 0. The quantitative estimate of drug-likeness (QED) is 0.396. The Labute approximate surface area is 145 Å². The maximum atomic E-state index is 4.64. The Morgan fingerprint density at radius 1 is 0.538 bits per heavy atom. The van der Waals surface area contributed by atoms with Crippen molar-refractivity contribution in [1.29, 1.82) is 0 Å². The molecule has 5 heterocycles. The van der Waals surface area contributed by atoms with Gasteiger partial charge in [-0.25, -0.2) is 9.97 Å². The Morgan fingerprint density at radius 3 is 1.50 bits per heavy atom. The highest BCUT2D eigenvalue weighted by Crippen LogP contribution is 2.38. The molecule has 2 aromatic carbocycles. The smallest absolute Gasteiger partial charge is 0.164 e. The topological polar surface area (TPSA) is 60.4 Å². The van der Waals surface area contributed by atoms with E-state index in [4.69, 9.17) is 0 Å². The van der Waals surface area contributed by atoms with Crippen LogP contribution in [0.4, 0.5) is 0 Å². The standard InChI is InChI=1S/C20H10N6/c1-3-11-15-19(23-9-7-21-15)26-14-6-2-4-12-16-20(24-10-8-22-16)25(18(12)14)13(5-1)17(11)26/h1-10H. The van der Waals surface area contributed by atoms with Crippen molar-refractivity contribution in [1.82, 2.24) is 28.7 Å². The van der Waals surface area contributed by atoms with Gasteiger partial charge in [-0.2, -0.15) is 0 Å². The van der Waals surface area contributed by atoms with Crippen LogP contribution in [0.2, 0.25) is 0 Å². The molecule has 0 unspecified atom stereocenters. The average Bonchev–Trinajstić information content (AvgIpc) is 3.22. The number of nitrogens with zero attached hydrogens (tertiary/aromatic N) is 6. The summed E-state index contributed by atoms with van der Waals surface area (Å²) in [5.74, 6) is 0. The predicted molar refractivity (Wildman–Crippen MR) is 101 cm³/mol. The zero-order chi connectivity index (χ0) is 16.8. The van der Waals surface area contributed by atoms with Gasteiger partial charge in [-0.1, -0.05) is 24.3 Å². The zero-order valence-electron chi connectivity index (χ0n) is 13.5. The lowest BCUT2D eigenvalue weighted by atomic mass is 10.2. The Bertz CT molecular complexity index is 1510. The minimum absolute atomic E-state index is 0.875. The van der Waals surface area contributed by atoms with Crippen LogP contribution in [0.15, 0.2) is 61.2 Å². The molecule has 0 spiro atoms. The molecule has 0 fully saturated rings. The van der Waals surface area contributed by atoms with E-state index >= 15 is 0 Å². The van der Waals surface area contributed by atoms with Gasteiger partial charge in [0.25, 0.3) is 0 Å². The van der Waals surface area contributed by atoms with Crippen molar-refractivity contribution in [2.24, 2.45) is 0 Å². The number of rotatable bonds is 0. The predicted octanol–water partition coefficient (Wildman–Crippen LogP) is 3.82. The van der Waals surface area contributed by atoms with E-state index in [1.165, 1.54) is 0 Å². The van der Waals surface area contributed by atoms with E-state index in [1.54, 1.807) is 24.8 Å². The molecule has 0 bridgehead atoms. The molecule has 7 aromatic rings. The molecular formula is C20H10N6. The zero-order valence-corrected chi connectivity index (χ0v) is 13.5. The van der Waals surface area contributed by atoms with Crippen LogP contribution < -0.4 is 0 Å². The summed E-state index contributed by atoms with van der Waals surface area (Å²) in [6.45, 7) is 0. The second-order valence-electron chi connectivity index (χ2n) is 6.47. The van der Waals surface area contributed by atoms with E-state index in [1.807, 2.05) is 0 Å². The summed E-state index contributed by atoms with van der Waals surface area (Å²) in [7, 11) is 0. The molecule has 120 valence electrons. The number of benzene rings is 2. The molecule has 0 saturated carbocycles. The van der Waals surface area contributed by atoms with Crippen LogP contribution in [-0.2, 0) is 0 Å². The van der Waals surface area contributed by atoms with E-state index in [0.717, 1.165) is 55.2 Å². The second-order valence-corrected chi connectivity index (χ2v) is 6.47. The van der Waals surface area contributed by atoms with Crippen LogP contribution in [0, 0.1) is 0 Å². The fourth-order valence-corrected chi connectivity index (χ4v) is 4.33. The van der Waals surface area contributed by atoms with Crippen LogP contribution in [0.1, 0.15) is 0 Å². The first kappa shape index (κ1) is 12.5. The number of para-hydroxylation sites is 2. The Morgan fingerprint density at radius 2 is 1.00 bits per heavy atom. The molecule has 0 radical (unpaired) electrons. The average molecular weight is 334 g/mol. The van der Waals surface area contributed by atoms with E-state index in [2.05, 4.69) is 65.1 Å². The van der Waals surface area contributed by atoms with Gasteiger partial charge in [-0.3, -0.25) is 18.8 Å². The fourth-order valence-electron chi connectivity index (χ4n) is 4.33. The lowest BCUT2D eigenvalue weighted by Crippen LogP contribution is -1.98. The SMILES string of the molecule is c1cc2c3nccnc3n3c4cccc5c6nccnc6n(c(c1)c23)c54. The molecule has 0 N–H and O–H groups in total. The molecule has 26 heavy (non-hydrogen) atoms. The third-order valence-corrected chi connectivity index (χ3v) is 5.25. The summed E-state index contributed by atoms with van der Waals surface area (Å²) in [6.07, 6.45) is 6.99. The molecule has 6 heteroatoms. The highest BCUT2D eigenvalue weighted by atomic mass is 15.1. The van der Waals surface area contributed by atoms with Crippen LogP contribution >= 0.6 is 0 Å². The summed E-state index contributed by atoms with van der Waals surface area (Å²) in [6, 6.07) is 12.6. The van der Waals surface area contributed by atoms with Gasteiger partial charge < -0.3 is 0 Å². The van der Waals surface area contributed by atoms with Crippen molar-refractivity contribution < 1.29 is 0 Å². The summed E-state index contributed by atoms with van der Waals surface area (Å²) < 4.78 is 4.43. The van der Waals surface area contributed by atoms with Crippen molar-refractivity contribution in [3.05, 3.63) is 61.2 Å². The van der Waals surface area contributed by atoms with Crippen molar-refractivity contribution in [3.63, 3.8) is 0 Å². The molecule has 0 aliphatic heterocycles. The fraction of sp³-hybridized carbons (Fsp3) is 0. The molecule has 0 aliphatic rings. The van der Waals surface area contributed by atoms with Crippen molar-refractivity contribution in [2.75, 3.05) is 0 Å². The van der Waals surface area contributed by atoms with E-state index in [0.29, 0.717) is 0 Å². The minimum Gasteiger partial charge on any atom is -0.288 e.